The summed E-state index contributed by atoms with van der Waals surface area (Å²) in [5.74, 6) is 0. The fourth-order valence-corrected chi connectivity index (χ4v) is 3.09. The molecule has 4 nitrogen and oxygen atoms in total. The molecule has 0 aliphatic rings. The first-order valence-electron chi connectivity index (χ1n) is 8.23. The molecule has 0 bridgehead atoms. The van der Waals surface area contributed by atoms with Crippen LogP contribution < -0.4 is 5.32 Å². The van der Waals surface area contributed by atoms with E-state index in [2.05, 4.69) is 43.0 Å². The Labute approximate surface area is 134 Å². The molecule has 0 amide bonds. The second-order valence-electron chi connectivity index (χ2n) is 5.46. The second-order valence-corrected chi connectivity index (χ2v) is 5.84. The topological polar surface area (TPSA) is 33.1 Å². The summed E-state index contributed by atoms with van der Waals surface area (Å²) in [4.78, 5) is 2.46. The van der Waals surface area contributed by atoms with E-state index in [9.17, 15) is 0 Å². The van der Waals surface area contributed by atoms with Gasteiger partial charge in [0.2, 0.25) is 0 Å². The lowest BCUT2D eigenvalue weighted by Crippen LogP contribution is -2.36. The Morgan fingerprint density at radius 1 is 1.24 bits per heavy atom. The number of halogens is 1. The molecule has 1 N–H and O–H groups in total. The van der Waals surface area contributed by atoms with E-state index < -0.39 is 0 Å². The minimum Gasteiger partial charge on any atom is -0.314 e. The predicted molar refractivity (Wildman–Crippen MR) is 91.2 cm³/mol. The molecule has 0 radical (unpaired) electrons. The van der Waals surface area contributed by atoms with Crippen molar-refractivity contribution in [3.05, 3.63) is 16.4 Å². The van der Waals surface area contributed by atoms with Gasteiger partial charge in [-0.1, -0.05) is 39.3 Å². The zero-order chi connectivity index (χ0) is 15.8. The van der Waals surface area contributed by atoms with E-state index in [4.69, 9.17) is 11.6 Å². The Balaban J connectivity index is 2.71. The minimum atomic E-state index is 0.452. The quantitative estimate of drug-likeness (QED) is 0.721. The molecule has 1 unspecified atom stereocenters. The van der Waals surface area contributed by atoms with Gasteiger partial charge in [0.1, 0.15) is 0 Å². The second kappa shape index (κ2) is 9.44. The van der Waals surface area contributed by atoms with Gasteiger partial charge in [0.15, 0.2) is 0 Å². The van der Waals surface area contributed by atoms with Crippen LogP contribution >= 0.6 is 11.6 Å². The summed E-state index contributed by atoms with van der Waals surface area (Å²) in [5, 5.41) is 8.96. The summed E-state index contributed by atoms with van der Waals surface area (Å²) in [6.45, 7) is 13.0. The molecule has 0 aliphatic heterocycles. The third-order valence-corrected chi connectivity index (χ3v) is 4.56. The summed E-state index contributed by atoms with van der Waals surface area (Å²) >= 11 is 6.47. The van der Waals surface area contributed by atoms with Crippen LogP contribution in [0.1, 0.15) is 45.5 Å². The highest BCUT2D eigenvalue weighted by Crippen LogP contribution is 2.22. The van der Waals surface area contributed by atoms with Crippen molar-refractivity contribution in [2.75, 3.05) is 26.2 Å². The predicted octanol–water partition coefficient (Wildman–Crippen LogP) is 2.89. The van der Waals surface area contributed by atoms with E-state index in [1.54, 1.807) is 0 Å². The molecule has 0 spiro atoms. The fraction of sp³-hybridized carbons (Fsp3) is 0.812. The Morgan fingerprint density at radius 3 is 2.38 bits per heavy atom. The van der Waals surface area contributed by atoms with Gasteiger partial charge in [-0.15, -0.1) is 0 Å². The first kappa shape index (κ1) is 18.5. The Kier molecular flexibility index (Phi) is 8.30. The van der Waals surface area contributed by atoms with E-state index >= 15 is 0 Å². The highest BCUT2D eigenvalue weighted by atomic mass is 35.5. The molecule has 122 valence electrons. The van der Waals surface area contributed by atoms with Crippen LogP contribution in [0.15, 0.2) is 0 Å². The smallest absolute Gasteiger partial charge is 0.0850 e. The lowest BCUT2D eigenvalue weighted by molar-refractivity contribution is 0.280. The lowest BCUT2D eigenvalue weighted by Gasteiger charge is -2.23. The first-order valence-corrected chi connectivity index (χ1v) is 8.60. The largest absolute Gasteiger partial charge is 0.314 e. The van der Waals surface area contributed by atoms with E-state index in [0.29, 0.717) is 6.04 Å². The number of aromatic nitrogens is 2. The molecule has 0 saturated carbocycles. The highest BCUT2D eigenvalue weighted by Gasteiger charge is 2.18. The number of rotatable bonds is 10. The number of likely N-dealkylation sites (N-methyl/N-ethyl adjacent to an activating group) is 1. The maximum Gasteiger partial charge on any atom is 0.0850 e. The van der Waals surface area contributed by atoms with Gasteiger partial charge >= 0.3 is 0 Å². The van der Waals surface area contributed by atoms with Crippen LogP contribution in [0.3, 0.4) is 0 Å². The third-order valence-electron chi connectivity index (χ3n) is 4.12. The van der Waals surface area contributed by atoms with Crippen molar-refractivity contribution >= 4 is 11.6 Å². The molecule has 1 atom stereocenters. The summed E-state index contributed by atoms with van der Waals surface area (Å²) < 4.78 is 1.95. The molecule has 1 heterocycles. The molecule has 0 fully saturated rings. The molecule has 0 saturated heterocycles. The van der Waals surface area contributed by atoms with Crippen molar-refractivity contribution in [1.82, 2.24) is 20.0 Å². The third kappa shape index (κ3) is 5.28. The lowest BCUT2D eigenvalue weighted by atomic mass is 10.1. The van der Waals surface area contributed by atoms with Crippen molar-refractivity contribution < 1.29 is 0 Å². The number of nitrogens with one attached hydrogen (secondary N) is 1. The van der Waals surface area contributed by atoms with Crippen LogP contribution in [0, 0.1) is 0 Å². The maximum absolute atomic E-state index is 6.47. The number of hydrogen-bond donors (Lipinski definition) is 1. The van der Waals surface area contributed by atoms with Crippen LogP contribution in [-0.2, 0) is 19.9 Å². The summed E-state index contributed by atoms with van der Waals surface area (Å²) in [6.07, 6.45) is 2.97. The average Bonchev–Trinajstić information content (AvgIpc) is 2.75. The van der Waals surface area contributed by atoms with Crippen LogP contribution in [0.2, 0.25) is 5.02 Å². The van der Waals surface area contributed by atoms with Crippen molar-refractivity contribution in [1.29, 1.82) is 0 Å². The molecule has 5 heteroatoms. The molecule has 0 aliphatic carbocycles. The normalized spacial score (nSPS) is 13.1. The van der Waals surface area contributed by atoms with Gasteiger partial charge in [0, 0.05) is 19.5 Å². The van der Waals surface area contributed by atoms with Gasteiger partial charge < -0.3 is 10.2 Å². The molecular weight excluding hydrogens is 284 g/mol. The number of hydrogen-bond acceptors (Lipinski definition) is 3. The van der Waals surface area contributed by atoms with E-state index in [1.165, 1.54) is 0 Å². The molecule has 1 rings (SSSR count). The first-order chi connectivity index (χ1) is 10.1. The van der Waals surface area contributed by atoms with E-state index in [-0.39, 0.29) is 0 Å². The maximum atomic E-state index is 6.47. The van der Waals surface area contributed by atoms with Gasteiger partial charge in [0.25, 0.3) is 0 Å². The van der Waals surface area contributed by atoms with Gasteiger partial charge in [-0.25, -0.2) is 0 Å². The SMILES string of the molecule is CCNC(CCN(CC)CC)Cc1c(Cl)c(CC)nn1C. The summed E-state index contributed by atoms with van der Waals surface area (Å²) in [5.41, 5.74) is 2.16. The van der Waals surface area contributed by atoms with Crippen LogP contribution in [-0.4, -0.2) is 46.9 Å². The molecule has 21 heavy (non-hydrogen) atoms. The van der Waals surface area contributed by atoms with Gasteiger partial charge in [-0.05, 0) is 39.0 Å². The van der Waals surface area contributed by atoms with E-state index in [1.807, 2.05) is 11.7 Å². The van der Waals surface area contributed by atoms with Crippen molar-refractivity contribution in [2.45, 2.75) is 53.0 Å². The van der Waals surface area contributed by atoms with Crippen LogP contribution in [0.5, 0.6) is 0 Å². The zero-order valence-electron chi connectivity index (χ0n) is 14.2. The number of aryl methyl sites for hydroxylation is 2. The highest BCUT2D eigenvalue weighted by molar-refractivity contribution is 6.31. The fourth-order valence-electron chi connectivity index (χ4n) is 2.72. The van der Waals surface area contributed by atoms with Gasteiger partial charge in [0.05, 0.1) is 16.4 Å². The van der Waals surface area contributed by atoms with Crippen molar-refractivity contribution in [2.24, 2.45) is 7.05 Å². The van der Waals surface area contributed by atoms with Gasteiger partial charge in [-0.3, -0.25) is 4.68 Å². The van der Waals surface area contributed by atoms with Crippen molar-refractivity contribution in [3.63, 3.8) is 0 Å². The number of nitrogens with zero attached hydrogens (tertiary/aromatic N) is 3. The monoisotopic (exact) mass is 314 g/mol. The Bertz CT molecular complexity index is 413. The molecule has 1 aromatic heterocycles. The van der Waals surface area contributed by atoms with Gasteiger partial charge in [-0.2, -0.15) is 5.10 Å². The summed E-state index contributed by atoms with van der Waals surface area (Å²) in [6, 6.07) is 0.452. The Hall–Kier alpha value is -0.580. The van der Waals surface area contributed by atoms with Crippen LogP contribution in [0.25, 0.3) is 0 Å². The zero-order valence-corrected chi connectivity index (χ0v) is 15.0. The molecular formula is C16H31ClN4. The Morgan fingerprint density at radius 2 is 1.90 bits per heavy atom. The van der Waals surface area contributed by atoms with Crippen LogP contribution in [0.4, 0.5) is 0 Å². The molecule has 1 aromatic rings. The molecule has 0 aromatic carbocycles. The van der Waals surface area contributed by atoms with Crippen molar-refractivity contribution in [3.8, 4) is 0 Å². The van der Waals surface area contributed by atoms with E-state index in [0.717, 1.165) is 61.9 Å². The minimum absolute atomic E-state index is 0.452. The summed E-state index contributed by atoms with van der Waals surface area (Å²) in [7, 11) is 1.99. The average molecular weight is 315 g/mol. The standard InChI is InChI=1S/C16H31ClN4/c1-6-14-16(17)15(20(5)19-14)12-13(18-7-2)10-11-21(8-3)9-4/h13,18H,6-12H2,1-5H3.